The van der Waals surface area contributed by atoms with E-state index in [-0.39, 0.29) is 11.9 Å². The highest BCUT2D eigenvalue weighted by Crippen LogP contribution is 2.33. The van der Waals surface area contributed by atoms with Crippen molar-refractivity contribution in [3.8, 4) is 11.3 Å². The van der Waals surface area contributed by atoms with Gasteiger partial charge in [-0.2, -0.15) is 0 Å². The van der Waals surface area contributed by atoms with Crippen LogP contribution in [0.5, 0.6) is 0 Å². The molecule has 0 radical (unpaired) electrons. The lowest BCUT2D eigenvalue weighted by molar-refractivity contribution is 0.628. The van der Waals surface area contributed by atoms with E-state index in [2.05, 4.69) is 42.5 Å². The van der Waals surface area contributed by atoms with E-state index in [1.165, 1.54) is 22.9 Å². The second-order valence-electron chi connectivity index (χ2n) is 7.16. The van der Waals surface area contributed by atoms with E-state index in [1.54, 1.807) is 12.1 Å². The lowest BCUT2D eigenvalue weighted by Gasteiger charge is -2.17. The first-order chi connectivity index (χ1) is 14.2. The molecule has 2 N–H and O–H groups in total. The monoisotopic (exact) mass is 378 g/mol. The molecule has 1 aromatic heterocycles. The zero-order chi connectivity index (χ0) is 19.8. The Labute approximate surface area is 168 Å². The maximum absolute atomic E-state index is 13.3. The molecule has 5 aromatic rings. The van der Waals surface area contributed by atoms with Crippen molar-refractivity contribution >= 4 is 21.5 Å². The molecule has 0 spiro atoms. The van der Waals surface area contributed by atoms with Crippen LogP contribution >= 0.6 is 0 Å². The molecule has 1 atom stereocenters. The minimum Gasteiger partial charge on any atom is -0.319 e. The van der Waals surface area contributed by atoms with Crippen LogP contribution in [0.1, 0.15) is 17.3 Å². The molecule has 4 aromatic carbocycles. The Morgan fingerprint density at radius 1 is 0.690 bits per heavy atom. The van der Waals surface area contributed by atoms with Crippen molar-refractivity contribution in [2.45, 2.75) is 6.04 Å². The number of pyridine rings is 1. The first kappa shape index (κ1) is 17.5. The Balaban J connectivity index is 1.65. The fourth-order valence-electron chi connectivity index (χ4n) is 3.91. The summed E-state index contributed by atoms with van der Waals surface area (Å²) in [5, 5.41) is 4.69. The Bertz CT molecular complexity index is 1330. The van der Waals surface area contributed by atoms with Crippen molar-refractivity contribution in [2.75, 3.05) is 0 Å². The standard InChI is InChI=1S/C26H19FN2/c27-19-14-12-17(13-15-19)24-10-5-11-25(29-24)26(28)23-16-18-6-1-2-7-20(18)21-8-3-4-9-22(21)23/h1-16,26H,28H2. The van der Waals surface area contributed by atoms with E-state index in [9.17, 15) is 4.39 Å². The van der Waals surface area contributed by atoms with Gasteiger partial charge in [0.1, 0.15) is 5.82 Å². The average Bonchev–Trinajstić information content (AvgIpc) is 2.78. The minimum absolute atomic E-state index is 0.260. The lowest BCUT2D eigenvalue weighted by atomic mass is 9.92. The van der Waals surface area contributed by atoms with Crippen molar-refractivity contribution in [3.05, 3.63) is 114 Å². The normalized spacial score (nSPS) is 12.3. The highest BCUT2D eigenvalue weighted by molar-refractivity contribution is 6.09. The third-order valence-corrected chi connectivity index (χ3v) is 5.36. The van der Waals surface area contributed by atoms with Gasteiger partial charge in [0.25, 0.3) is 0 Å². The largest absolute Gasteiger partial charge is 0.319 e. The number of nitrogens with two attached hydrogens (primary N) is 1. The summed E-state index contributed by atoms with van der Waals surface area (Å²) >= 11 is 0. The molecule has 0 aliphatic rings. The van der Waals surface area contributed by atoms with Gasteiger partial charge in [-0.05, 0) is 69.6 Å². The van der Waals surface area contributed by atoms with Gasteiger partial charge in [-0.1, -0.05) is 54.6 Å². The van der Waals surface area contributed by atoms with Gasteiger partial charge in [0.15, 0.2) is 0 Å². The fourth-order valence-corrected chi connectivity index (χ4v) is 3.91. The van der Waals surface area contributed by atoms with E-state index < -0.39 is 0 Å². The van der Waals surface area contributed by atoms with Gasteiger partial charge in [0.2, 0.25) is 0 Å². The summed E-state index contributed by atoms with van der Waals surface area (Å²) in [6.07, 6.45) is 0. The number of rotatable bonds is 3. The van der Waals surface area contributed by atoms with Crippen LogP contribution in [0, 0.1) is 5.82 Å². The minimum atomic E-state index is -0.370. The Morgan fingerprint density at radius 2 is 1.38 bits per heavy atom. The number of aromatic nitrogens is 1. The third-order valence-electron chi connectivity index (χ3n) is 5.36. The van der Waals surface area contributed by atoms with Gasteiger partial charge in [0, 0.05) is 5.56 Å². The zero-order valence-corrected chi connectivity index (χ0v) is 15.7. The molecule has 29 heavy (non-hydrogen) atoms. The summed E-state index contributed by atoms with van der Waals surface area (Å²) in [4.78, 5) is 4.79. The molecule has 0 saturated carbocycles. The first-order valence-electron chi connectivity index (χ1n) is 9.59. The molecule has 1 heterocycles. The van der Waals surface area contributed by atoms with Crippen LogP contribution in [0.4, 0.5) is 4.39 Å². The second-order valence-corrected chi connectivity index (χ2v) is 7.16. The van der Waals surface area contributed by atoms with Gasteiger partial charge in [-0.3, -0.25) is 4.98 Å². The molecule has 0 fully saturated rings. The molecule has 1 unspecified atom stereocenters. The molecule has 2 nitrogen and oxygen atoms in total. The highest BCUT2D eigenvalue weighted by Gasteiger charge is 2.16. The molecule has 3 heteroatoms. The number of nitrogens with zero attached hydrogens (tertiary/aromatic N) is 1. The van der Waals surface area contributed by atoms with Crippen molar-refractivity contribution in [1.29, 1.82) is 0 Å². The Hall–Kier alpha value is -3.56. The van der Waals surface area contributed by atoms with Gasteiger partial charge >= 0.3 is 0 Å². The van der Waals surface area contributed by atoms with Crippen molar-refractivity contribution in [1.82, 2.24) is 4.98 Å². The zero-order valence-electron chi connectivity index (χ0n) is 15.7. The summed E-state index contributed by atoms with van der Waals surface area (Å²) in [7, 11) is 0. The quantitative estimate of drug-likeness (QED) is 0.377. The summed E-state index contributed by atoms with van der Waals surface area (Å²) in [6, 6.07) is 30.7. The summed E-state index contributed by atoms with van der Waals surface area (Å²) in [5.41, 5.74) is 10.2. The van der Waals surface area contributed by atoms with Crippen molar-refractivity contribution < 1.29 is 4.39 Å². The van der Waals surface area contributed by atoms with Gasteiger partial charge < -0.3 is 5.73 Å². The first-order valence-corrected chi connectivity index (χ1v) is 9.59. The molecule has 0 bridgehead atoms. The molecular weight excluding hydrogens is 359 g/mol. The van der Waals surface area contributed by atoms with Crippen LogP contribution < -0.4 is 5.73 Å². The van der Waals surface area contributed by atoms with Crippen LogP contribution in [0.25, 0.3) is 32.8 Å². The van der Waals surface area contributed by atoms with Crippen LogP contribution in [0.15, 0.2) is 97.1 Å². The second kappa shape index (κ2) is 7.12. The predicted octanol–water partition coefficient (Wildman–Crippen LogP) is 6.24. The SMILES string of the molecule is NC(c1cccc(-c2ccc(F)cc2)n1)c1cc2ccccc2c2ccccc12. The van der Waals surface area contributed by atoms with E-state index >= 15 is 0 Å². The van der Waals surface area contributed by atoms with E-state index in [0.717, 1.165) is 33.3 Å². The summed E-state index contributed by atoms with van der Waals surface area (Å²) in [6.45, 7) is 0. The van der Waals surface area contributed by atoms with Crippen LogP contribution in [0.2, 0.25) is 0 Å². The number of halogens is 1. The fraction of sp³-hybridized carbons (Fsp3) is 0.0385. The topological polar surface area (TPSA) is 38.9 Å². The summed E-state index contributed by atoms with van der Waals surface area (Å²) < 4.78 is 13.3. The molecule has 0 saturated heterocycles. The smallest absolute Gasteiger partial charge is 0.123 e. The third kappa shape index (κ3) is 3.16. The lowest BCUT2D eigenvalue weighted by Crippen LogP contribution is -2.14. The Kier molecular flexibility index (Phi) is 4.30. The molecule has 0 aliphatic carbocycles. The number of benzene rings is 4. The van der Waals surface area contributed by atoms with E-state index in [0.29, 0.717) is 0 Å². The maximum atomic E-state index is 13.3. The molecule has 0 aliphatic heterocycles. The number of fused-ring (bicyclic) bond motifs is 3. The van der Waals surface area contributed by atoms with Crippen LogP contribution in [-0.2, 0) is 0 Å². The Morgan fingerprint density at radius 3 is 2.17 bits per heavy atom. The van der Waals surface area contributed by atoms with Crippen LogP contribution in [0.3, 0.4) is 0 Å². The molecule has 5 rings (SSSR count). The van der Waals surface area contributed by atoms with Gasteiger partial charge in [-0.15, -0.1) is 0 Å². The predicted molar refractivity (Wildman–Crippen MR) is 117 cm³/mol. The summed E-state index contributed by atoms with van der Waals surface area (Å²) in [5.74, 6) is -0.260. The maximum Gasteiger partial charge on any atom is 0.123 e. The van der Waals surface area contributed by atoms with Crippen LogP contribution in [-0.4, -0.2) is 4.98 Å². The van der Waals surface area contributed by atoms with Crippen molar-refractivity contribution in [2.24, 2.45) is 5.73 Å². The average molecular weight is 378 g/mol. The number of hydrogen-bond donors (Lipinski definition) is 1. The van der Waals surface area contributed by atoms with Gasteiger partial charge in [-0.25, -0.2) is 4.39 Å². The van der Waals surface area contributed by atoms with E-state index in [4.69, 9.17) is 10.7 Å². The molecule has 140 valence electrons. The molecule has 0 amide bonds. The van der Waals surface area contributed by atoms with Crippen molar-refractivity contribution in [3.63, 3.8) is 0 Å². The highest BCUT2D eigenvalue weighted by atomic mass is 19.1. The van der Waals surface area contributed by atoms with Gasteiger partial charge in [0.05, 0.1) is 17.4 Å². The van der Waals surface area contributed by atoms with E-state index in [1.807, 2.05) is 30.3 Å². The molecular formula is C26H19FN2. The number of hydrogen-bond acceptors (Lipinski definition) is 2.